The van der Waals surface area contributed by atoms with E-state index in [1.165, 1.54) is 11.3 Å². The number of piperidine rings is 1. The normalized spacial score (nSPS) is 13.8. The third-order valence-electron chi connectivity index (χ3n) is 6.26. The highest BCUT2D eigenvalue weighted by Crippen LogP contribution is 2.38. The van der Waals surface area contributed by atoms with Gasteiger partial charge in [-0.1, -0.05) is 66.7 Å². The van der Waals surface area contributed by atoms with Gasteiger partial charge in [-0.25, -0.2) is 4.98 Å². The number of hydrogen-bond acceptors (Lipinski definition) is 5. The predicted octanol–water partition coefficient (Wildman–Crippen LogP) is 5.88. The number of nitrogens with one attached hydrogen (secondary N) is 1. The van der Waals surface area contributed by atoms with Crippen molar-refractivity contribution >= 4 is 29.0 Å². The van der Waals surface area contributed by atoms with E-state index in [1.54, 1.807) is 12.3 Å². The number of anilines is 1. The number of nitrogens with zero attached hydrogens (tertiary/aromatic N) is 2. The fourth-order valence-corrected chi connectivity index (χ4v) is 5.34. The number of benzene rings is 2. The van der Waals surface area contributed by atoms with E-state index in [4.69, 9.17) is 4.74 Å². The maximum absolute atomic E-state index is 13.6. The molecule has 0 atom stereocenters. The van der Waals surface area contributed by atoms with Gasteiger partial charge in [-0.2, -0.15) is 0 Å². The molecular weight excluding hydrogens is 470 g/mol. The van der Waals surface area contributed by atoms with Crippen LogP contribution in [0.2, 0.25) is 0 Å². The lowest BCUT2D eigenvalue weighted by Crippen LogP contribution is -2.41. The van der Waals surface area contributed by atoms with Crippen molar-refractivity contribution in [2.45, 2.75) is 19.4 Å². The summed E-state index contributed by atoms with van der Waals surface area (Å²) in [4.78, 5) is 33.9. The van der Waals surface area contributed by atoms with Crippen LogP contribution < -0.4 is 10.1 Å². The first-order valence-electron chi connectivity index (χ1n) is 12.0. The second kappa shape index (κ2) is 11.2. The molecule has 0 spiro atoms. The second-order valence-electron chi connectivity index (χ2n) is 8.72. The van der Waals surface area contributed by atoms with Gasteiger partial charge < -0.3 is 15.0 Å². The number of carbonyl (C=O) groups excluding carboxylic acids is 2. The first kappa shape index (κ1) is 23.8. The maximum Gasteiger partial charge on any atom is 0.267 e. The van der Waals surface area contributed by atoms with Gasteiger partial charge in [0.2, 0.25) is 5.91 Å². The number of pyridine rings is 1. The van der Waals surface area contributed by atoms with E-state index < -0.39 is 0 Å². The van der Waals surface area contributed by atoms with E-state index in [0.717, 1.165) is 16.0 Å². The Morgan fingerprint density at radius 1 is 0.944 bits per heavy atom. The summed E-state index contributed by atoms with van der Waals surface area (Å²) >= 11 is 1.45. The van der Waals surface area contributed by atoms with Gasteiger partial charge in [-0.15, -0.1) is 11.3 Å². The Hall–Kier alpha value is -3.97. The Balaban J connectivity index is 1.29. The second-order valence-corrected chi connectivity index (χ2v) is 9.77. The van der Waals surface area contributed by atoms with Crippen LogP contribution in [0.1, 0.15) is 28.1 Å². The summed E-state index contributed by atoms with van der Waals surface area (Å²) in [6, 6.07) is 27.3. The topological polar surface area (TPSA) is 71.5 Å². The van der Waals surface area contributed by atoms with E-state index in [9.17, 15) is 9.59 Å². The van der Waals surface area contributed by atoms with Crippen LogP contribution in [0.3, 0.4) is 0 Å². The van der Waals surface area contributed by atoms with Crippen molar-refractivity contribution in [3.05, 3.63) is 102 Å². The Morgan fingerprint density at radius 3 is 2.33 bits per heavy atom. The SMILES string of the molecule is O=C(Nc1ccccn1)C1CCN(C(=O)c2sc(-c3ccccc3)cc2OCc2ccccc2)CC1. The number of carbonyl (C=O) groups is 2. The average molecular weight is 498 g/mol. The Morgan fingerprint density at radius 2 is 1.64 bits per heavy atom. The molecule has 0 unspecified atom stereocenters. The molecule has 1 N–H and O–H groups in total. The minimum absolute atomic E-state index is 0.0461. The predicted molar refractivity (Wildman–Crippen MR) is 142 cm³/mol. The van der Waals surface area contributed by atoms with E-state index in [2.05, 4.69) is 10.3 Å². The van der Waals surface area contributed by atoms with Crippen molar-refractivity contribution in [1.29, 1.82) is 0 Å². The quantitative estimate of drug-likeness (QED) is 0.346. The molecular formula is C29H27N3O3S. The minimum Gasteiger partial charge on any atom is -0.487 e. The van der Waals surface area contributed by atoms with Crippen molar-refractivity contribution in [3.63, 3.8) is 0 Å². The van der Waals surface area contributed by atoms with E-state index in [0.29, 0.717) is 49.0 Å². The summed E-state index contributed by atoms with van der Waals surface area (Å²) in [5.41, 5.74) is 2.10. The van der Waals surface area contributed by atoms with Crippen LogP contribution in [0.25, 0.3) is 10.4 Å². The molecule has 4 aromatic rings. The summed E-state index contributed by atoms with van der Waals surface area (Å²) < 4.78 is 6.15. The highest BCUT2D eigenvalue weighted by Gasteiger charge is 2.30. The fourth-order valence-electron chi connectivity index (χ4n) is 4.26. The van der Waals surface area contributed by atoms with Crippen LogP contribution in [0, 0.1) is 5.92 Å². The molecule has 0 saturated carbocycles. The number of hydrogen-bond donors (Lipinski definition) is 1. The van der Waals surface area contributed by atoms with Crippen molar-refractivity contribution in [2.75, 3.05) is 18.4 Å². The Bertz CT molecular complexity index is 1300. The van der Waals surface area contributed by atoms with Crippen LogP contribution in [-0.4, -0.2) is 34.8 Å². The van der Waals surface area contributed by atoms with Gasteiger partial charge in [0.25, 0.3) is 5.91 Å². The average Bonchev–Trinajstić information content (AvgIpc) is 3.37. The largest absolute Gasteiger partial charge is 0.487 e. The van der Waals surface area contributed by atoms with Crippen LogP contribution in [0.15, 0.2) is 91.1 Å². The molecule has 0 aliphatic carbocycles. The van der Waals surface area contributed by atoms with Crippen molar-refractivity contribution in [2.24, 2.45) is 5.92 Å². The Labute approximate surface area is 214 Å². The molecule has 1 aliphatic heterocycles. The molecule has 1 fully saturated rings. The lowest BCUT2D eigenvalue weighted by atomic mass is 9.95. The monoisotopic (exact) mass is 497 g/mol. The summed E-state index contributed by atoms with van der Waals surface area (Å²) in [5.74, 6) is 0.910. The summed E-state index contributed by atoms with van der Waals surface area (Å²) in [6.07, 6.45) is 2.88. The Kier molecular flexibility index (Phi) is 7.38. The van der Waals surface area contributed by atoms with Crippen molar-refractivity contribution in [1.82, 2.24) is 9.88 Å². The zero-order valence-electron chi connectivity index (χ0n) is 19.8. The molecule has 1 saturated heterocycles. The first-order valence-corrected chi connectivity index (χ1v) is 12.9. The van der Waals surface area contributed by atoms with Gasteiger partial charge in [-0.3, -0.25) is 9.59 Å². The molecule has 0 bridgehead atoms. The van der Waals surface area contributed by atoms with E-state index in [-0.39, 0.29) is 17.7 Å². The number of amides is 2. The van der Waals surface area contributed by atoms with Gasteiger partial charge >= 0.3 is 0 Å². The molecule has 36 heavy (non-hydrogen) atoms. The number of rotatable bonds is 7. The molecule has 1 aliphatic rings. The number of likely N-dealkylation sites (tertiary alicyclic amines) is 1. The van der Waals surface area contributed by atoms with Crippen LogP contribution in [0.5, 0.6) is 5.75 Å². The van der Waals surface area contributed by atoms with Gasteiger partial charge in [0.15, 0.2) is 0 Å². The van der Waals surface area contributed by atoms with Crippen molar-refractivity contribution < 1.29 is 14.3 Å². The summed E-state index contributed by atoms with van der Waals surface area (Å²) in [5, 5.41) is 2.88. The van der Waals surface area contributed by atoms with Crippen molar-refractivity contribution in [3.8, 4) is 16.2 Å². The van der Waals surface area contributed by atoms with Gasteiger partial charge in [0, 0.05) is 30.1 Å². The molecule has 6 nitrogen and oxygen atoms in total. The fraction of sp³-hybridized carbons (Fsp3) is 0.207. The van der Waals surface area contributed by atoms with Crippen LogP contribution in [0.4, 0.5) is 5.82 Å². The number of ether oxygens (including phenoxy) is 1. The highest BCUT2D eigenvalue weighted by molar-refractivity contribution is 7.17. The van der Waals surface area contributed by atoms with Gasteiger partial charge in [0.1, 0.15) is 23.1 Å². The highest BCUT2D eigenvalue weighted by atomic mass is 32.1. The zero-order valence-corrected chi connectivity index (χ0v) is 20.6. The lowest BCUT2D eigenvalue weighted by molar-refractivity contribution is -0.121. The molecule has 0 radical (unpaired) electrons. The number of thiophene rings is 1. The first-order chi connectivity index (χ1) is 17.7. The maximum atomic E-state index is 13.6. The lowest BCUT2D eigenvalue weighted by Gasteiger charge is -2.31. The summed E-state index contributed by atoms with van der Waals surface area (Å²) in [6.45, 7) is 1.44. The third-order valence-corrected chi connectivity index (χ3v) is 7.41. The molecule has 2 aromatic heterocycles. The molecule has 5 rings (SSSR count). The molecule has 2 amide bonds. The van der Waals surface area contributed by atoms with Gasteiger partial charge in [0.05, 0.1) is 0 Å². The van der Waals surface area contributed by atoms with Gasteiger partial charge in [-0.05, 0) is 42.2 Å². The smallest absolute Gasteiger partial charge is 0.267 e. The molecule has 2 aromatic carbocycles. The zero-order chi connectivity index (χ0) is 24.7. The third kappa shape index (κ3) is 5.63. The van der Waals surface area contributed by atoms with E-state index >= 15 is 0 Å². The molecule has 7 heteroatoms. The summed E-state index contributed by atoms with van der Waals surface area (Å²) in [7, 11) is 0. The molecule has 182 valence electrons. The van der Waals surface area contributed by atoms with Crippen LogP contribution in [-0.2, 0) is 11.4 Å². The van der Waals surface area contributed by atoms with E-state index in [1.807, 2.05) is 83.8 Å². The van der Waals surface area contributed by atoms with Crippen LogP contribution >= 0.6 is 11.3 Å². The molecule has 3 heterocycles. The standard InChI is InChI=1S/C29H27N3O3S/c33-28(31-26-13-7-8-16-30-26)23-14-17-32(18-15-23)29(34)27-24(35-20-21-9-3-1-4-10-21)19-25(36-27)22-11-5-2-6-12-22/h1-13,16,19,23H,14-15,17-18,20H2,(H,30,31,33). The number of aromatic nitrogens is 1. The minimum atomic E-state index is -0.145.